The number of rotatable bonds is 7. The van der Waals surface area contributed by atoms with Crippen LogP contribution in [0.5, 0.6) is 0 Å². The first-order chi connectivity index (χ1) is 32.8. The van der Waals surface area contributed by atoms with Crippen molar-refractivity contribution in [3.05, 3.63) is 203 Å². The Bertz CT molecular complexity index is 3590. The largest absolute Gasteiger partial charge is 0.500 e. The van der Waals surface area contributed by atoms with Gasteiger partial charge in [0.1, 0.15) is 5.58 Å². The minimum Gasteiger partial charge on any atom is -0.500 e. The summed E-state index contributed by atoms with van der Waals surface area (Å²) in [5.74, 6) is -0.888. The predicted octanol–water partition coefficient (Wildman–Crippen LogP) is 16.4. The first-order valence-corrected chi connectivity index (χ1v) is 27.0. The van der Waals surface area contributed by atoms with Crippen LogP contribution < -0.4 is 5.19 Å². The fourth-order valence-electron chi connectivity index (χ4n) is 9.83. The second kappa shape index (κ2) is 18.4. The Balaban J connectivity index is 0.000000180. The third-order valence-electron chi connectivity index (χ3n) is 13.2. The number of hydrogen-bond acceptors (Lipinski definition) is 3. The molecule has 0 N–H and O–H groups in total. The van der Waals surface area contributed by atoms with E-state index in [1.807, 2.05) is 100 Å². The molecule has 0 saturated carbocycles. The molecule has 1 aliphatic rings. The Morgan fingerprint density at radius 1 is 0.662 bits per heavy atom. The van der Waals surface area contributed by atoms with Gasteiger partial charge in [-0.2, -0.15) is 0 Å². The quantitative estimate of drug-likeness (QED) is 0.118. The van der Waals surface area contributed by atoms with Crippen molar-refractivity contribution in [2.75, 3.05) is 0 Å². The summed E-state index contributed by atoms with van der Waals surface area (Å²) in [4.78, 5) is 10.2. The van der Waals surface area contributed by atoms with E-state index in [9.17, 15) is 0 Å². The van der Waals surface area contributed by atoms with Gasteiger partial charge in [-0.3, -0.25) is 9.98 Å². The van der Waals surface area contributed by atoms with Gasteiger partial charge in [0.25, 0.3) is 0 Å². The monoisotopic (exact) mass is 1080 g/mol. The summed E-state index contributed by atoms with van der Waals surface area (Å²) in [5, 5.41) is 6.04. The average molecular weight is 1080 g/mol. The van der Waals surface area contributed by atoms with Crippen molar-refractivity contribution in [2.45, 2.75) is 91.2 Å². The van der Waals surface area contributed by atoms with E-state index >= 15 is 0 Å². The Morgan fingerprint density at radius 2 is 1.35 bits per heavy atom. The maximum atomic E-state index is 8.80. The summed E-state index contributed by atoms with van der Waals surface area (Å²) in [6.45, 7) is 21.8. The molecule has 10 aromatic rings. The second-order valence-corrected chi connectivity index (χ2v) is 25.5. The molecular formula is C62H59IrN3OSi-2. The third kappa shape index (κ3) is 8.42. The van der Waals surface area contributed by atoms with Crippen molar-refractivity contribution in [3.8, 4) is 17.1 Å². The molecule has 1 radical (unpaired) electrons. The summed E-state index contributed by atoms with van der Waals surface area (Å²) in [6.07, 6.45) is 0. The number of imidazole rings is 1. The van der Waals surface area contributed by atoms with E-state index < -0.39 is 19.9 Å². The Kier molecular flexibility index (Phi) is 12.0. The van der Waals surface area contributed by atoms with Crippen LogP contribution in [0.3, 0.4) is 0 Å². The van der Waals surface area contributed by atoms with Gasteiger partial charge in [0, 0.05) is 45.2 Å². The number of fused-ring (bicyclic) bond motifs is 7. The van der Waals surface area contributed by atoms with E-state index in [0.29, 0.717) is 0 Å². The van der Waals surface area contributed by atoms with Crippen LogP contribution >= 0.6 is 0 Å². The Labute approximate surface area is 419 Å². The van der Waals surface area contributed by atoms with Crippen LogP contribution in [0.4, 0.5) is 5.69 Å². The van der Waals surface area contributed by atoms with Crippen LogP contribution in [0.1, 0.15) is 102 Å². The minimum atomic E-state index is -1.49. The molecule has 8 aromatic carbocycles. The summed E-state index contributed by atoms with van der Waals surface area (Å²) < 4.78 is 26.5. The minimum absolute atomic E-state index is 0. The molecule has 0 bridgehead atoms. The van der Waals surface area contributed by atoms with Crippen LogP contribution in [0.15, 0.2) is 167 Å². The molecule has 0 saturated heterocycles. The topological polar surface area (TPSA) is 43.3 Å². The summed E-state index contributed by atoms with van der Waals surface area (Å²) in [5.41, 5.74) is 14.1. The van der Waals surface area contributed by atoms with E-state index in [4.69, 9.17) is 17.1 Å². The number of nitrogens with zero attached hydrogens (tertiary/aromatic N) is 3. The normalized spacial score (nSPS) is 14.6. The van der Waals surface area contributed by atoms with Crippen molar-refractivity contribution in [2.24, 2.45) is 4.99 Å². The summed E-state index contributed by atoms with van der Waals surface area (Å²) >= 11 is 0. The zero-order valence-electron chi connectivity index (χ0n) is 42.7. The fraction of sp³-hybridized carbons (Fsp3) is 0.226. The number of hydrogen-bond donors (Lipinski definition) is 0. The van der Waals surface area contributed by atoms with Crippen molar-refractivity contribution < 1.29 is 27.3 Å². The van der Waals surface area contributed by atoms with E-state index in [0.717, 1.165) is 83.5 Å². The SMILES string of the molecule is CC(C)(C)c1cc([Si](C)(C)C)ccc1C1C(c2[c-]ccc3c2oc2c4ccccc4ccc32)=Nc2ccccc21.[2H]C(C)(C)c1cccc(C([2H])(C)C)c1-n1c(-c2[c-]cccc2)nc2ccccc21.[Ir]. The number of benzene rings is 8. The second-order valence-electron chi connectivity index (χ2n) is 20.4. The molecule has 3 heterocycles. The van der Waals surface area contributed by atoms with Crippen LogP contribution in [-0.2, 0) is 25.5 Å². The number of aliphatic imine (C=N–C) groups is 1. The van der Waals surface area contributed by atoms with Gasteiger partial charge in [-0.05, 0) is 74.3 Å². The van der Waals surface area contributed by atoms with Crippen LogP contribution in [0.25, 0.3) is 60.8 Å². The third-order valence-corrected chi connectivity index (χ3v) is 15.3. The van der Waals surface area contributed by atoms with Gasteiger partial charge in [-0.25, -0.2) is 0 Å². The van der Waals surface area contributed by atoms with Crippen molar-refractivity contribution in [1.82, 2.24) is 9.55 Å². The number of aromatic nitrogens is 2. The summed E-state index contributed by atoms with van der Waals surface area (Å²) in [6, 6.07) is 61.4. The van der Waals surface area contributed by atoms with Gasteiger partial charge >= 0.3 is 0 Å². The number of furan rings is 1. The first-order valence-electron chi connectivity index (χ1n) is 24.5. The van der Waals surface area contributed by atoms with Gasteiger partial charge in [-0.1, -0.05) is 187 Å². The zero-order chi connectivity index (χ0) is 48.6. The molecule has 0 aliphatic carbocycles. The van der Waals surface area contributed by atoms with Crippen molar-refractivity contribution in [1.29, 1.82) is 0 Å². The standard InChI is InChI=1S/C37H34NOSi.C25H25N2.Ir/c1-37(2,3)31-22-24(40(4,5)6)19-21-28(31)33-29-14-9-10-17-32(29)38-34(33)30-16-11-15-26-27-20-18-23-12-7-8-13-25(23)35(27)39-36(26)30;1-17(2)20-13-10-14-21(18(3)4)24(20)27-23-16-9-8-15-22(23)26-25(27)19-11-6-5-7-12-19;/h7-15,17-22,33H,1-6H3;5-11,13-18H,1-4H3;/q2*-1;/i;17D,18D;. The van der Waals surface area contributed by atoms with Gasteiger partial charge in [0.2, 0.25) is 0 Å². The molecule has 11 rings (SSSR count). The Morgan fingerprint density at radius 3 is 2.07 bits per heavy atom. The molecule has 0 fully saturated rings. The molecule has 68 heavy (non-hydrogen) atoms. The zero-order valence-corrected chi connectivity index (χ0v) is 44.1. The van der Waals surface area contributed by atoms with Crippen LogP contribution in [0.2, 0.25) is 19.6 Å². The molecule has 1 aliphatic heterocycles. The molecule has 1 atom stereocenters. The smallest absolute Gasteiger partial charge is 0.128 e. The van der Waals surface area contributed by atoms with E-state index in [1.165, 1.54) is 27.3 Å². The predicted molar refractivity (Wildman–Crippen MR) is 286 cm³/mol. The van der Waals surface area contributed by atoms with Crippen LogP contribution in [0, 0.1) is 12.1 Å². The van der Waals surface area contributed by atoms with Gasteiger partial charge in [0.05, 0.1) is 36.2 Å². The van der Waals surface area contributed by atoms with Crippen molar-refractivity contribution in [3.63, 3.8) is 0 Å². The van der Waals surface area contributed by atoms with Gasteiger partial charge < -0.3 is 8.98 Å². The Hall–Kier alpha value is -6.17. The van der Waals surface area contributed by atoms with Gasteiger partial charge in [0.15, 0.2) is 0 Å². The molecule has 2 aromatic heterocycles. The molecule has 6 heteroatoms. The molecule has 1 unspecified atom stereocenters. The van der Waals surface area contributed by atoms with E-state index in [2.05, 4.69) is 142 Å². The maximum absolute atomic E-state index is 8.80. The average Bonchev–Trinajstić information content (AvgIpc) is 4.02. The van der Waals surface area contributed by atoms with Crippen LogP contribution in [-0.4, -0.2) is 23.3 Å². The molecule has 343 valence electrons. The maximum Gasteiger partial charge on any atom is 0.128 e. The van der Waals surface area contributed by atoms with E-state index in [-0.39, 0.29) is 31.4 Å². The fourth-order valence-corrected chi connectivity index (χ4v) is 11.0. The molecule has 0 spiro atoms. The first kappa shape index (κ1) is 44.3. The number of para-hydroxylation sites is 4. The molecule has 0 amide bonds. The van der Waals surface area contributed by atoms with E-state index in [1.54, 1.807) is 0 Å². The van der Waals surface area contributed by atoms with Gasteiger partial charge in [-0.15, -0.1) is 54.1 Å². The molecular weight excluding hydrogens is 1020 g/mol. The van der Waals surface area contributed by atoms with Crippen molar-refractivity contribution >= 4 is 68.4 Å². The molecule has 4 nitrogen and oxygen atoms in total. The summed E-state index contributed by atoms with van der Waals surface area (Å²) in [7, 11) is -1.49.